The second-order valence-electron chi connectivity index (χ2n) is 6.04. The largest absolute Gasteiger partial charge is 0.294 e. The molecule has 0 amide bonds. The van der Waals surface area contributed by atoms with Gasteiger partial charge in [-0.15, -0.1) is 22.7 Å². The van der Waals surface area contributed by atoms with Gasteiger partial charge in [0.05, 0.1) is 11.1 Å². The van der Waals surface area contributed by atoms with Gasteiger partial charge in [0.2, 0.25) is 0 Å². The summed E-state index contributed by atoms with van der Waals surface area (Å²) in [5.41, 5.74) is 2.44. The highest BCUT2D eigenvalue weighted by Crippen LogP contribution is 2.25. The number of Topliss-reactive ketones (excluding diaryl/α,β-unsaturated/α-hetero) is 1. The van der Waals surface area contributed by atoms with Crippen LogP contribution in [0, 0.1) is 13.8 Å². The van der Waals surface area contributed by atoms with E-state index in [1.54, 1.807) is 19.3 Å². The average molecular weight is 417 g/mol. The van der Waals surface area contributed by atoms with Gasteiger partial charge in [0.15, 0.2) is 16.1 Å². The van der Waals surface area contributed by atoms with E-state index in [0.717, 1.165) is 16.5 Å². The smallest absolute Gasteiger partial charge is 0.262 e. The number of hydrogen-bond donors (Lipinski definition) is 0. The average Bonchev–Trinajstić information content (AvgIpc) is 3.37. The summed E-state index contributed by atoms with van der Waals surface area (Å²) in [5.74, 6) is 0.232. The van der Waals surface area contributed by atoms with E-state index in [0.29, 0.717) is 20.9 Å². The molecule has 0 aliphatic heterocycles. The van der Waals surface area contributed by atoms with Gasteiger partial charge in [0.1, 0.15) is 4.83 Å². The quantitative estimate of drug-likeness (QED) is 0.281. The van der Waals surface area contributed by atoms with Gasteiger partial charge in [-0.3, -0.25) is 18.7 Å². The summed E-state index contributed by atoms with van der Waals surface area (Å²) in [6.45, 7) is 3.90. The van der Waals surface area contributed by atoms with Crippen LogP contribution < -0.4 is 5.56 Å². The second kappa shape index (κ2) is 7.06. The summed E-state index contributed by atoms with van der Waals surface area (Å²) < 4.78 is 3.50. The van der Waals surface area contributed by atoms with Crippen LogP contribution in [0.5, 0.6) is 0 Å². The lowest BCUT2D eigenvalue weighted by atomic mass is 10.2. The van der Waals surface area contributed by atoms with Crippen LogP contribution in [0.3, 0.4) is 0 Å². The maximum Gasteiger partial charge on any atom is 0.262 e. The highest BCUT2D eigenvalue weighted by Gasteiger charge is 2.19. The fraction of sp³-hybridized carbons (Fsp3) is 0.222. The third kappa shape index (κ3) is 3.15. The summed E-state index contributed by atoms with van der Waals surface area (Å²) >= 11 is 4.25. The summed E-state index contributed by atoms with van der Waals surface area (Å²) in [6, 6.07) is 3.68. The topological polar surface area (TPSA) is 69.8 Å². The highest BCUT2D eigenvalue weighted by molar-refractivity contribution is 7.99. The van der Waals surface area contributed by atoms with E-state index in [9.17, 15) is 9.59 Å². The SMILES string of the molecule is Cc1cc(C(=O)CSc2nc3sccc3c(=O)n2C)c(C)n1-c1nccs1. The summed E-state index contributed by atoms with van der Waals surface area (Å²) in [4.78, 5) is 34.8. The van der Waals surface area contributed by atoms with Gasteiger partial charge >= 0.3 is 0 Å². The summed E-state index contributed by atoms with van der Waals surface area (Å²) in [7, 11) is 1.69. The van der Waals surface area contributed by atoms with Crippen molar-refractivity contribution in [1.82, 2.24) is 19.1 Å². The first-order chi connectivity index (χ1) is 13.0. The van der Waals surface area contributed by atoms with Gasteiger partial charge in [-0.1, -0.05) is 11.8 Å². The van der Waals surface area contributed by atoms with Gasteiger partial charge < -0.3 is 0 Å². The van der Waals surface area contributed by atoms with Crippen LogP contribution in [0.25, 0.3) is 15.3 Å². The van der Waals surface area contributed by atoms with E-state index in [1.807, 2.05) is 35.2 Å². The maximum absolute atomic E-state index is 12.8. The number of hydrogen-bond acceptors (Lipinski definition) is 7. The molecule has 6 nitrogen and oxygen atoms in total. The first-order valence-corrected chi connectivity index (χ1v) is 10.9. The molecular formula is C18H16N4O2S3. The molecule has 0 radical (unpaired) electrons. The number of ketones is 1. The Morgan fingerprint density at radius 3 is 2.81 bits per heavy atom. The Morgan fingerprint density at radius 1 is 1.26 bits per heavy atom. The fourth-order valence-corrected chi connectivity index (χ4v) is 5.39. The number of carbonyl (C=O) groups is 1. The Kier molecular flexibility index (Phi) is 4.75. The van der Waals surface area contributed by atoms with Crippen molar-refractivity contribution >= 4 is 50.4 Å². The molecule has 4 aromatic rings. The molecule has 4 heterocycles. The van der Waals surface area contributed by atoms with Crippen molar-refractivity contribution < 1.29 is 4.79 Å². The Hall–Kier alpha value is -2.23. The molecule has 0 N–H and O–H groups in total. The minimum atomic E-state index is -0.0850. The minimum Gasteiger partial charge on any atom is -0.294 e. The molecule has 0 aliphatic carbocycles. The molecule has 0 aliphatic rings. The van der Waals surface area contributed by atoms with Gasteiger partial charge in [0, 0.05) is 35.6 Å². The molecule has 9 heteroatoms. The Bertz CT molecular complexity index is 1200. The number of nitrogens with zero attached hydrogens (tertiary/aromatic N) is 4. The zero-order chi connectivity index (χ0) is 19.1. The molecule has 0 saturated carbocycles. The summed E-state index contributed by atoms with van der Waals surface area (Å²) in [5, 5.41) is 5.79. The molecular weight excluding hydrogens is 400 g/mol. The number of rotatable bonds is 5. The molecule has 27 heavy (non-hydrogen) atoms. The van der Waals surface area contributed by atoms with Crippen molar-refractivity contribution in [2.45, 2.75) is 19.0 Å². The number of thiophene rings is 1. The predicted molar refractivity (Wildman–Crippen MR) is 111 cm³/mol. The van der Waals surface area contributed by atoms with Crippen LogP contribution >= 0.6 is 34.4 Å². The van der Waals surface area contributed by atoms with Crippen molar-refractivity contribution in [1.29, 1.82) is 0 Å². The Balaban J connectivity index is 1.60. The zero-order valence-corrected chi connectivity index (χ0v) is 17.4. The zero-order valence-electron chi connectivity index (χ0n) is 14.9. The highest BCUT2D eigenvalue weighted by atomic mass is 32.2. The van der Waals surface area contributed by atoms with Gasteiger partial charge in [-0.25, -0.2) is 9.97 Å². The molecule has 0 aromatic carbocycles. The molecule has 0 unspecified atom stereocenters. The standard InChI is InChI=1S/C18H16N4O2S3/c1-10-8-13(11(2)22(10)17-19-5-7-26-17)14(23)9-27-18-20-15-12(4-6-25-15)16(24)21(18)3/h4-8H,9H2,1-3H3. The van der Waals surface area contributed by atoms with Crippen molar-refractivity contribution in [2.24, 2.45) is 7.05 Å². The minimum absolute atomic E-state index is 0.0106. The summed E-state index contributed by atoms with van der Waals surface area (Å²) in [6.07, 6.45) is 1.75. The van der Waals surface area contributed by atoms with Gasteiger partial charge in [-0.05, 0) is 31.4 Å². The number of thioether (sulfide) groups is 1. The van der Waals surface area contributed by atoms with Crippen molar-refractivity contribution in [2.75, 3.05) is 5.75 Å². The molecule has 0 fully saturated rings. The number of thiazole rings is 1. The molecule has 0 spiro atoms. The van der Waals surface area contributed by atoms with E-state index >= 15 is 0 Å². The Morgan fingerprint density at radius 2 is 2.07 bits per heavy atom. The molecule has 0 bridgehead atoms. The fourth-order valence-electron chi connectivity index (χ4n) is 2.98. The van der Waals surface area contributed by atoms with Crippen LogP contribution in [0.1, 0.15) is 21.7 Å². The van der Waals surface area contributed by atoms with E-state index in [-0.39, 0.29) is 17.1 Å². The molecule has 138 valence electrons. The molecule has 4 aromatic heterocycles. The second-order valence-corrected chi connectivity index (χ2v) is 8.75. The molecule has 4 rings (SSSR count). The predicted octanol–water partition coefficient (Wildman–Crippen LogP) is 3.83. The molecule has 0 saturated heterocycles. The lowest BCUT2D eigenvalue weighted by Gasteiger charge is -2.07. The number of fused-ring (bicyclic) bond motifs is 1. The Labute approximate surface area is 167 Å². The normalized spacial score (nSPS) is 11.4. The lowest BCUT2D eigenvalue weighted by molar-refractivity contribution is 0.102. The number of carbonyl (C=O) groups excluding carboxylic acids is 1. The maximum atomic E-state index is 12.8. The van der Waals surface area contributed by atoms with Crippen molar-refractivity contribution in [3.63, 3.8) is 0 Å². The van der Waals surface area contributed by atoms with E-state index < -0.39 is 0 Å². The van der Waals surface area contributed by atoms with Gasteiger partial charge in [0.25, 0.3) is 5.56 Å². The first-order valence-electron chi connectivity index (χ1n) is 8.16. The van der Waals surface area contributed by atoms with Crippen molar-refractivity contribution in [3.05, 3.63) is 56.4 Å². The van der Waals surface area contributed by atoms with Crippen LogP contribution in [0.2, 0.25) is 0 Å². The van der Waals surface area contributed by atoms with E-state index in [4.69, 9.17) is 0 Å². The van der Waals surface area contributed by atoms with E-state index in [1.165, 1.54) is 39.0 Å². The van der Waals surface area contributed by atoms with Crippen molar-refractivity contribution in [3.8, 4) is 5.13 Å². The monoisotopic (exact) mass is 416 g/mol. The first kappa shape index (κ1) is 18.1. The van der Waals surface area contributed by atoms with E-state index in [2.05, 4.69) is 9.97 Å². The third-order valence-electron chi connectivity index (χ3n) is 4.34. The van der Waals surface area contributed by atoms with Crippen LogP contribution in [-0.4, -0.2) is 30.6 Å². The lowest BCUT2D eigenvalue weighted by Crippen LogP contribution is -2.19. The number of aryl methyl sites for hydroxylation is 1. The number of aromatic nitrogens is 4. The van der Waals surface area contributed by atoms with Crippen LogP contribution in [-0.2, 0) is 7.05 Å². The molecule has 0 atom stereocenters. The van der Waals surface area contributed by atoms with Gasteiger partial charge in [-0.2, -0.15) is 0 Å². The van der Waals surface area contributed by atoms with Crippen LogP contribution in [0.15, 0.2) is 39.0 Å². The third-order valence-corrected chi connectivity index (χ3v) is 6.93. The van der Waals surface area contributed by atoms with Crippen LogP contribution in [0.4, 0.5) is 0 Å².